The molecule has 3 aromatic rings. The quantitative estimate of drug-likeness (QED) is 0.689. The molecule has 5 nitrogen and oxygen atoms in total. The lowest BCUT2D eigenvalue weighted by molar-refractivity contribution is 0.134. The SMILES string of the molecule is CCCC(O)c1nc(-c2ccc(OC)cc2)c(-c2ccc(O)cc2)o1. The third-order valence-electron chi connectivity index (χ3n) is 3.98. The number of rotatable bonds is 6. The number of phenolic OH excluding ortho intramolecular Hbond substituents is 1. The van der Waals surface area contributed by atoms with Crippen LogP contribution in [0.5, 0.6) is 11.5 Å². The number of aliphatic hydroxyl groups is 1. The molecular weight excluding hydrogens is 318 g/mol. The number of hydrogen-bond donors (Lipinski definition) is 2. The number of methoxy groups -OCH3 is 1. The molecule has 0 fully saturated rings. The Morgan fingerprint density at radius 2 is 1.68 bits per heavy atom. The van der Waals surface area contributed by atoms with Crippen LogP contribution in [0.4, 0.5) is 0 Å². The van der Waals surface area contributed by atoms with Crippen LogP contribution in [0, 0.1) is 0 Å². The number of ether oxygens (including phenoxy) is 1. The molecule has 130 valence electrons. The first-order valence-corrected chi connectivity index (χ1v) is 8.25. The highest BCUT2D eigenvalue weighted by Gasteiger charge is 2.21. The highest BCUT2D eigenvalue weighted by molar-refractivity contribution is 5.77. The van der Waals surface area contributed by atoms with Crippen LogP contribution in [0.3, 0.4) is 0 Å². The van der Waals surface area contributed by atoms with Crippen molar-refractivity contribution in [3.8, 4) is 34.1 Å². The number of oxazole rings is 1. The number of phenols is 1. The van der Waals surface area contributed by atoms with Crippen molar-refractivity contribution in [3.05, 3.63) is 54.4 Å². The fourth-order valence-corrected chi connectivity index (χ4v) is 2.63. The highest BCUT2D eigenvalue weighted by Crippen LogP contribution is 2.36. The van der Waals surface area contributed by atoms with E-state index >= 15 is 0 Å². The lowest BCUT2D eigenvalue weighted by atomic mass is 10.1. The van der Waals surface area contributed by atoms with Crippen LogP contribution in [0.2, 0.25) is 0 Å². The minimum absolute atomic E-state index is 0.181. The third-order valence-corrected chi connectivity index (χ3v) is 3.98. The topological polar surface area (TPSA) is 75.7 Å². The van der Waals surface area contributed by atoms with Gasteiger partial charge in [0.15, 0.2) is 5.76 Å². The maximum atomic E-state index is 10.3. The molecule has 1 atom stereocenters. The van der Waals surface area contributed by atoms with Crippen LogP contribution >= 0.6 is 0 Å². The van der Waals surface area contributed by atoms with Gasteiger partial charge in [0, 0.05) is 11.1 Å². The normalized spacial score (nSPS) is 12.1. The molecule has 0 saturated heterocycles. The number of hydrogen-bond acceptors (Lipinski definition) is 5. The van der Waals surface area contributed by atoms with Gasteiger partial charge in [-0.05, 0) is 55.0 Å². The molecule has 2 N–H and O–H groups in total. The van der Waals surface area contributed by atoms with Crippen molar-refractivity contribution < 1.29 is 19.4 Å². The van der Waals surface area contributed by atoms with Gasteiger partial charge >= 0.3 is 0 Å². The van der Waals surface area contributed by atoms with E-state index in [1.54, 1.807) is 31.4 Å². The molecule has 0 bridgehead atoms. The Balaban J connectivity index is 2.08. The molecule has 0 aliphatic carbocycles. The van der Waals surface area contributed by atoms with Crippen molar-refractivity contribution in [2.24, 2.45) is 0 Å². The Bertz CT molecular complexity index is 822. The fraction of sp³-hybridized carbons (Fsp3) is 0.250. The van der Waals surface area contributed by atoms with Crippen molar-refractivity contribution in [3.63, 3.8) is 0 Å². The van der Waals surface area contributed by atoms with Gasteiger partial charge in [0.1, 0.15) is 23.3 Å². The van der Waals surface area contributed by atoms with Crippen molar-refractivity contribution in [1.82, 2.24) is 4.98 Å². The number of aromatic nitrogens is 1. The molecule has 2 aromatic carbocycles. The fourth-order valence-electron chi connectivity index (χ4n) is 2.63. The van der Waals surface area contributed by atoms with Gasteiger partial charge in [0.2, 0.25) is 5.89 Å². The lowest BCUT2D eigenvalue weighted by Crippen LogP contribution is -1.96. The highest BCUT2D eigenvalue weighted by atomic mass is 16.5. The van der Waals surface area contributed by atoms with Crippen LogP contribution in [0.1, 0.15) is 31.8 Å². The second-order valence-corrected chi connectivity index (χ2v) is 5.81. The summed E-state index contributed by atoms with van der Waals surface area (Å²) >= 11 is 0. The van der Waals surface area contributed by atoms with Gasteiger partial charge in [0.05, 0.1) is 7.11 Å². The van der Waals surface area contributed by atoms with Gasteiger partial charge in [-0.2, -0.15) is 0 Å². The van der Waals surface area contributed by atoms with Gasteiger partial charge in [-0.25, -0.2) is 4.98 Å². The minimum Gasteiger partial charge on any atom is -0.508 e. The summed E-state index contributed by atoms with van der Waals surface area (Å²) in [6, 6.07) is 14.2. The summed E-state index contributed by atoms with van der Waals surface area (Å²) in [5.74, 6) is 1.80. The van der Waals surface area contributed by atoms with Gasteiger partial charge < -0.3 is 19.4 Å². The molecule has 0 saturated carbocycles. The second kappa shape index (κ2) is 7.40. The van der Waals surface area contributed by atoms with E-state index in [-0.39, 0.29) is 5.75 Å². The van der Waals surface area contributed by atoms with Gasteiger partial charge in [-0.1, -0.05) is 13.3 Å². The van der Waals surface area contributed by atoms with E-state index in [9.17, 15) is 10.2 Å². The summed E-state index contributed by atoms with van der Waals surface area (Å²) in [5.41, 5.74) is 2.30. The molecule has 0 aliphatic rings. The summed E-state index contributed by atoms with van der Waals surface area (Å²) < 4.78 is 11.1. The maximum absolute atomic E-state index is 10.3. The molecular formula is C20H21NO4. The van der Waals surface area contributed by atoms with Crippen molar-refractivity contribution in [2.45, 2.75) is 25.9 Å². The summed E-state index contributed by atoms with van der Waals surface area (Å²) in [5, 5.41) is 19.8. The van der Waals surface area contributed by atoms with Gasteiger partial charge in [-0.15, -0.1) is 0 Å². The van der Waals surface area contributed by atoms with Crippen LogP contribution in [-0.4, -0.2) is 22.3 Å². The van der Waals surface area contributed by atoms with E-state index in [1.807, 2.05) is 31.2 Å². The Kier molecular flexibility index (Phi) is 5.05. The smallest absolute Gasteiger partial charge is 0.224 e. The Morgan fingerprint density at radius 3 is 2.28 bits per heavy atom. The monoisotopic (exact) mass is 339 g/mol. The van der Waals surface area contributed by atoms with Gasteiger partial charge in [-0.3, -0.25) is 0 Å². The van der Waals surface area contributed by atoms with Gasteiger partial charge in [0.25, 0.3) is 0 Å². The molecule has 1 heterocycles. The van der Waals surface area contributed by atoms with E-state index in [0.29, 0.717) is 23.8 Å². The molecule has 1 unspecified atom stereocenters. The molecule has 25 heavy (non-hydrogen) atoms. The predicted octanol–water partition coefficient (Wildman–Crippen LogP) is 4.56. The maximum Gasteiger partial charge on any atom is 0.224 e. The molecule has 0 spiro atoms. The standard InChI is InChI=1S/C20H21NO4/c1-3-4-17(23)20-21-18(13-7-11-16(24-2)12-8-13)19(25-20)14-5-9-15(22)10-6-14/h5-12,17,22-23H,3-4H2,1-2H3. The largest absolute Gasteiger partial charge is 0.508 e. The first kappa shape index (κ1) is 17.0. The van der Waals surface area contributed by atoms with E-state index < -0.39 is 6.10 Å². The minimum atomic E-state index is -0.743. The number of benzene rings is 2. The zero-order chi connectivity index (χ0) is 17.8. The van der Waals surface area contributed by atoms with Crippen LogP contribution in [-0.2, 0) is 0 Å². The third kappa shape index (κ3) is 3.67. The van der Waals surface area contributed by atoms with E-state index in [4.69, 9.17) is 9.15 Å². The van der Waals surface area contributed by atoms with Crippen LogP contribution < -0.4 is 4.74 Å². The molecule has 1 aromatic heterocycles. The Hall–Kier alpha value is -2.79. The average molecular weight is 339 g/mol. The Morgan fingerprint density at radius 1 is 1.04 bits per heavy atom. The van der Waals surface area contributed by atoms with Crippen LogP contribution in [0.15, 0.2) is 52.9 Å². The van der Waals surface area contributed by atoms with E-state index in [1.165, 1.54) is 0 Å². The molecule has 0 aliphatic heterocycles. The van der Waals surface area contributed by atoms with E-state index in [2.05, 4.69) is 4.98 Å². The number of aromatic hydroxyl groups is 1. The average Bonchev–Trinajstić information content (AvgIpc) is 3.08. The molecule has 5 heteroatoms. The zero-order valence-electron chi connectivity index (χ0n) is 14.3. The van der Waals surface area contributed by atoms with Crippen molar-refractivity contribution in [1.29, 1.82) is 0 Å². The second-order valence-electron chi connectivity index (χ2n) is 5.81. The number of aliphatic hydroxyl groups excluding tert-OH is 1. The lowest BCUT2D eigenvalue weighted by Gasteiger charge is -2.04. The zero-order valence-corrected chi connectivity index (χ0v) is 14.3. The number of nitrogens with zero attached hydrogens (tertiary/aromatic N) is 1. The predicted molar refractivity (Wildman–Crippen MR) is 95.5 cm³/mol. The Labute approximate surface area is 146 Å². The summed E-state index contributed by atoms with van der Waals surface area (Å²) in [6.45, 7) is 2.00. The van der Waals surface area contributed by atoms with E-state index in [0.717, 1.165) is 23.3 Å². The molecule has 0 amide bonds. The molecule has 0 radical (unpaired) electrons. The summed E-state index contributed by atoms with van der Waals surface area (Å²) in [6.07, 6.45) is 0.668. The first-order chi connectivity index (χ1) is 12.1. The summed E-state index contributed by atoms with van der Waals surface area (Å²) in [4.78, 5) is 4.53. The summed E-state index contributed by atoms with van der Waals surface area (Å²) in [7, 11) is 1.62. The first-order valence-electron chi connectivity index (χ1n) is 8.25. The van der Waals surface area contributed by atoms with Crippen molar-refractivity contribution in [2.75, 3.05) is 7.11 Å². The van der Waals surface area contributed by atoms with Crippen LogP contribution in [0.25, 0.3) is 22.6 Å². The molecule has 3 rings (SSSR count). The van der Waals surface area contributed by atoms with Crippen molar-refractivity contribution >= 4 is 0 Å².